The van der Waals surface area contributed by atoms with Crippen LogP contribution in [0, 0.1) is 0 Å². The summed E-state index contributed by atoms with van der Waals surface area (Å²) in [7, 11) is 0. The van der Waals surface area contributed by atoms with Gasteiger partial charge in [-0.3, -0.25) is 9.59 Å². The fraction of sp³-hybridized carbons (Fsp3) is 0.257. The number of anilines is 1. The molecule has 0 aliphatic rings. The van der Waals surface area contributed by atoms with Gasteiger partial charge in [-0.05, 0) is 60.9 Å². The zero-order valence-corrected chi connectivity index (χ0v) is 25.3. The minimum atomic E-state index is -0.906. The number of carboxylic acids is 1. The highest BCUT2D eigenvalue weighted by Crippen LogP contribution is 2.30. The highest BCUT2D eigenvalue weighted by molar-refractivity contribution is 6.19. The molecular formula is C35H37ClN4O3. The Labute approximate surface area is 257 Å². The van der Waals surface area contributed by atoms with Crippen LogP contribution in [0.1, 0.15) is 48.3 Å². The van der Waals surface area contributed by atoms with Crippen LogP contribution in [-0.4, -0.2) is 52.5 Å². The Morgan fingerprint density at radius 2 is 1.79 bits per heavy atom. The minimum absolute atomic E-state index is 0.0983. The summed E-state index contributed by atoms with van der Waals surface area (Å²) < 4.78 is 0. The SMILES string of the molecule is CCC/C=C(\C=C/CCl)c1nc2ccc(C(=O)NCCN(CC)c3ccccc3)cc2nc1-c1cccc(CC(=O)O)c1. The lowest BCUT2D eigenvalue weighted by Crippen LogP contribution is -2.34. The van der Waals surface area contributed by atoms with Crippen LogP contribution in [0.3, 0.4) is 0 Å². The Morgan fingerprint density at radius 3 is 2.51 bits per heavy atom. The molecule has 1 heterocycles. The zero-order chi connectivity index (χ0) is 30.6. The van der Waals surface area contributed by atoms with Crippen LogP contribution in [0.15, 0.2) is 91.0 Å². The maximum atomic E-state index is 13.1. The summed E-state index contributed by atoms with van der Waals surface area (Å²) in [6.45, 7) is 6.20. The Kier molecular flexibility index (Phi) is 11.5. The fourth-order valence-electron chi connectivity index (χ4n) is 4.83. The summed E-state index contributed by atoms with van der Waals surface area (Å²) in [5, 5.41) is 12.4. The number of fused-ring (bicyclic) bond motifs is 1. The van der Waals surface area contributed by atoms with E-state index in [1.807, 2.05) is 54.6 Å². The summed E-state index contributed by atoms with van der Waals surface area (Å²) in [5.41, 5.74) is 6.42. The minimum Gasteiger partial charge on any atom is -0.481 e. The van der Waals surface area contributed by atoms with Gasteiger partial charge in [0, 0.05) is 42.3 Å². The molecule has 4 aromatic rings. The molecule has 0 aliphatic heterocycles. The second kappa shape index (κ2) is 15.7. The monoisotopic (exact) mass is 596 g/mol. The molecule has 2 N–H and O–H groups in total. The van der Waals surface area contributed by atoms with Crippen molar-refractivity contribution in [1.29, 1.82) is 0 Å². The molecule has 222 valence electrons. The van der Waals surface area contributed by atoms with Crippen molar-refractivity contribution in [2.45, 2.75) is 33.1 Å². The molecule has 4 rings (SSSR count). The van der Waals surface area contributed by atoms with Crippen molar-refractivity contribution in [3.05, 3.63) is 108 Å². The van der Waals surface area contributed by atoms with Crippen molar-refractivity contribution < 1.29 is 14.7 Å². The number of carboxylic acid groups (broad SMARTS) is 1. The van der Waals surface area contributed by atoms with E-state index in [4.69, 9.17) is 21.6 Å². The van der Waals surface area contributed by atoms with Gasteiger partial charge in [-0.1, -0.05) is 68.0 Å². The van der Waals surface area contributed by atoms with E-state index >= 15 is 0 Å². The quantitative estimate of drug-likeness (QED) is 0.118. The molecule has 0 saturated heterocycles. The molecule has 0 bridgehead atoms. The van der Waals surface area contributed by atoms with Crippen molar-refractivity contribution in [3.63, 3.8) is 0 Å². The number of para-hydroxylation sites is 1. The largest absolute Gasteiger partial charge is 0.481 e. The molecule has 0 saturated carbocycles. The highest BCUT2D eigenvalue weighted by atomic mass is 35.5. The van der Waals surface area contributed by atoms with Gasteiger partial charge in [0.15, 0.2) is 0 Å². The van der Waals surface area contributed by atoms with Crippen LogP contribution in [-0.2, 0) is 11.2 Å². The van der Waals surface area contributed by atoms with Crippen molar-refractivity contribution >= 4 is 45.8 Å². The van der Waals surface area contributed by atoms with Crippen LogP contribution in [0.5, 0.6) is 0 Å². The third kappa shape index (κ3) is 8.52. The van der Waals surface area contributed by atoms with E-state index in [1.165, 1.54) is 0 Å². The van der Waals surface area contributed by atoms with Gasteiger partial charge in [0.05, 0.1) is 28.8 Å². The van der Waals surface area contributed by atoms with E-state index in [1.54, 1.807) is 18.2 Å². The van der Waals surface area contributed by atoms with Gasteiger partial charge in [-0.25, -0.2) is 9.97 Å². The number of unbranched alkanes of at least 4 members (excludes halogenated alkanes) is 1. The Balaban J connectivity index is 1.69. The van der Waals surface area contributed by atoms with E-state index < -0.39 is 5.97 Å². The topological polar surface area (TPSA) is 95.4 Å². The van der Waals surface area contributed by atoms with Gasteiger partial charge in [0.2, 0.25) is 0 Å². The van der Waals surface area contributed by atoms with Crippen molar-refractivity contribution in [1.82, 2.24) is 15.3 Å². The molecule has 0 atom stereocenters. The number of allylic oxidation sites excluding steroid dienone is 4. The zero-order valence-electron chi connectivity index (χ0n) is 24.6. The van der Waals surface area contributed by atoms with Gasteiger partial charge in [-0.2, -0.15) is 0 Å². The number of halogens is 1. The summed E-state index contributed by atoms with van der Waals surface area (Å²) >= 11 is 5.98. The number of carbonyl (C=O) groups is 2. The number of amides is 1. The molecule has 3 aromatic carbocycles. The summed E-state index contributed by atoms with van der Waals surface area (Å²) in [4.78, 5) is 36.8. The van der Waals surface area contributed by atoms with E-state index in [9.17, 15) is 14.7 Å². The van der Waals surface area contributed by atoms with Gasteiger partial charge in [-0.15, -0.1) is 11.6 Å². The fourth-order valence-corrected chi connectivity index (χ4v) is 4.92. The number of aliphatic carboxylic acids is 1. The number of carbonyl (C=O) groups excluding carboxylic acids is 1. The molecule has 0 aliphatic carbocycles. The summed E-state index contributed by atoms with van der Waals surface area (Å²) in [6, 6.07) is 22.8. The number of rotatable bonds is 14. The predicted molar refractivity (Wildman–Crippen MR) is 176 cm³/mol. The number of hydrogen-bond acceptors (Lipinski definition) is 5. The smallest absolute Gasteiger partial charge is 0.307 e. The van der Waals surface area contributed by atoms with Crippen molar-refractivity contribution in [2.75, 3.05) is 30.4 Å². The first kappa shape index (κ1) is 31.4. The number of aromatic nitrogens is 2. The summed E-state index contributed by atoms with van der Waals surface area (Å²) in [5.74, 6) is -0.735. The van der Waals surface area contributed by atoms with Crippen LogP contribution >= 0.6 is 11.6 Å². The molecule has 43 heavy (non-hydrogen) atoms. The average Bonchev–Trinajstić information content (AvgIpc) is 3.02. The molecule has 0 unspecified atom stereocenters. The van der Waals surface area contributed by atoms with Crippen molar-refractivity contribution in [2.24, 2.45) is 0 Å². The number of benzene rings is 3. The maximum Gasteiger partial charge on any atom is 0.307 e. The number of alkyl halides is 1. The lowest BCUT2D eigenvalue weighted by Gasteiger charge is -2.23. The molecule has 1 amide bonds. The lowest BCUT2D eigenvalue weighted by atomic mass is 9.99. The van der Waals surface area contributed by atoms with Crippen LogP contribution in [0.2, 0.25) is 0 Å². The molecule has 0 spiro atoms. The van der Waals surface area contributed by atoms with E-state index in [-0.39, 0.29) is 12.3 Å². The van der Waals surface area contributed by atoms with E-state index in [0.717, 1.165) is 36.2 Å². The van der Waals surface area contributed by atoms with E-state index in [0.29, 0.717) is 52.5 Å². The van der Waals surface area contributed by atoms with Crippen LogP contribution < -0.4 is 10.2 Å². The number of nitrogens with zero attached hydrogens (tertiary/aromatic N) is 3. The highest BCUT2D eigenvalue weighted by Gasteiger charge is 2.17. The normalized spacial score (nSPS) is 11.7. The lowest BCUT2D eigenvalue weighted by molar-refractivity contribution is -0.136. The first-order valence-corrected chi connectivity index (χ1v) is 15.1. The van der Waals surface area contributed by atoms with Crippen LogP contribution in [0.25, 0.3) is 27.9 Å². The molecular weight excluding hydrogens is 560 g/mol. The Bertz CT molecular complexity index is 1620. The number of hydrogen-bond donors (Lipinski definition) is 2. The second-order valence-corrected chi connectivity index (χ2v) is 10.4. The van der Waals surface area contributed by atoms with Gasteiger partial charge >= 0.3 is 5.97 Å². The van der Waals surface area contributed by atoms with Gasteiger partial charge in [0.1, 0.15) is 0 Å². The second-order valence-electron chi connectivity index (χ2n) is 10.1. The third-order valence-corrected chi connectivity index (χ3v) is 7.14. The molecule has 0 radical (unpaired) electrons. The molecule has 0 fully saturated rings. The average molecular weight is 597 g/mol. The predicted octanol–water partition coefficient (Wildman–Crippen LogP) is 7.16. The molecule has 1 aromatic heterocycles. The summed E-state index contributed by atoms with van der Waals surface area (Å²) in [6.07, 6.45) is 7.63. The Hall–Kier alpha value is -4.49. The maximum absolute atomic E-state index is 13.1. The number of nitrogens with one attached hydrogen (secondary N) is 1. The van der Waals surface area contributed by atoms with E-state index in [2.05, 4.69) is 42.3 Å². The van der Waals surface area contributed by atoms with Crippen molar-refractivity contribution in [3.8, 4) is 11.3 Å². The third-order valence-electron chi connectivity index (χ3n) is 6.97. The van der Waals surface area contributed by atoms with Gasteiger partial charge < -0.3 is 15.3 Å². The van der Waals surface area contributed by atoms with Crippen LogP contribution in [0.4, 0.5) is 5.69 Å². The first-order chi connectivity index (χ1) is 20.9. The standard InChI is InChI=1S/C35H37ClN4O3/c1-3-5-12-26(14-10-19-36)33-34(27-13-9-11-25(22-27)23-32(41)42)39-31-24-28(17-18-30(31)38-33)35(43)37-20-21-40(4-2)29-15-7-6-8-16-29/h6-18,22,24H,3-5,19-21,23H2,1-2H3,(H,37,43)(H,41,42)/b14-10-,26-12+. The number of likely N-dealkylation sites (N-methyl/N-ethyl adjacent to an activating group) is 1. The first-order valence-electron chi connectivity index (χ1n) is 14.6. The molecule has 7 nitrogen and oxygen atoms in total. The van der Waals surface area contributed by atoms with Gasteiger partial charge in [0.25, 0.3) is 5.91 Å². The molecule has 8 heteroatoms. The Morgan fingerprint density at radius 1 is 0.977 bits per heavy atom.